The molecule has 0 aromatic carbocycles. The van der Waals surface area contributed by atoms with Gasteiger partial charge in [0, 0.05) is 19.3 Å². The number of nitro groups is 1. The van der Waals surface area contributed by atoms with Crippen molar-refractivity contribution in [3.63, 3.8) is 0 Å². The monoisotopic (exact) mass is 346 g/mol. The largest absolute Gasteiger partial charge is 0.353 e. The van der Waals surface area contributed by atoms with Gasteiger partial charge in [0.25, 0.3) is 5.43 Å². The molecule has 1 aromatic heterocycles. The van der Waals surface area contributed by atoms with E-state index in [0.29, 0.717) is 19.8 Å². The number of hydrogen-bond acceptors (Lipinski definition) is 5. The van der Waals surface area contributed by atoms with Gasteiger partial charge in [-0.3, -0.25) is 14.9 Å². The average Bonchev–Trinajstić information content (AvgIpc) is 2.43. The van der Waals surface area contributed by atoms with Gasteiger partial charge in [0.1, 0.15) is 0 Å². The summed E-state index contributed by atoms with van der Waals surface area (Å²) >= 11 is 3.03. The maximum Gasteiger partial charge on any atom is 0.333 e. The molecule has 1 fully saturated rings. The summed E-state index contributed by atoms with van der Waals surface area (Å²) in [6.07, 6.45) is 5.55. The summed E-state index contributed by atoms with van der Waals surface area (Å²) in [4.78, 5) is 21.6. The van der Waals surface area contributed by atoms with E-state index in [1.54, 1.807) is 4.57 Å². The third-order valence-corrected chi connectivity index (χ3v) is 3.57. The predicted molar refractivity (Wildman–Crippen MR) is 74.6 cm³/mol. The molecule has 0 radical (unpaired) electrons. The summed E-state index contributed by atoms with van der Waals surface area (Å²) < 4.78 is 12.7. The Balaban J connectivity index is 1.95. The minimum Gasteiger partial charge on any atom is -0.353 e. The molecule has 0 spiro atoms. The van der Waals surface area contributed by atoms with E-state index in [-0.39, 0.29) is 10.8 Å². The van der Waals surface area contributed by atoms with Crippen molar-refractivity contribution < 1.29 is 14.4 Å². The normalized spacial score (nSPS) is 18.9. The zero-order chi connectivity index (χ0) is 14.5. The Hall–Kier alpha value is -1.25. The molecule has 0 N–H and O–H groups in total. The lowest BCUT2D eigenvalue weighted by Gasteiger charge is -2.22. The van der Waals surface area contributed by atoms with Crippen LogP contribution in [0, 0.1) is 10.1 Å². The van der Waals surface area contributed by atoms with Crippen LogP contribution in [-0.4, -0.2) is 29.0 Å². The van der Waals surface area contributed by atoms with Gasteiger partial charge in [-0.1, -0.05) is 0 Å². The Morgan fingerprint density at radius 2 is 2.30 bits per heavy atom. The summed E-state index contributed by atoms with van der Waals surface area (Å²) in [5.41, 5.74) is -1.07. The number of rotatable bonds is 5. The number of nitrogens with zero attached hydrogens (tertiary/aromatic N) is 2. The molecule has 0 saturated carbocycles. The summed E-state index contributed by atoms with van der Waals surface area (Å²) in [6.45, 7) is 1.50. The zero-order valence-corrected chi connectivity index (χ0v) is 12.4. The molecule has 20 heavy (non-hydrogen) atoms. The van der Waals surface area contributed by atoms with Crippen LogP contribution in [0.3, 0.4) is 0 Å². The van der Waals surface area contributed by atoms with Gasteiger partial charge in [0.2, 0.25) is 0 Å². The van der Waals surface area contributed by atoms with Gasteiger partial charge in [-0.25, -0.2) is 0 Å². The molecule has 1 aromatic rings. The van der Waals surface area contributed by atoms with Crippen LogP contribution >= 0.6 is 15.9 Å². The second-order valence-electron chi connectivity index (χ2n) is 4.48. The van der Waals surface area contributed by atoms with Crippen LogP contribution in [0.4, 0.5) is 5.69 Å². The average molecular weight is 347 g/mol. The third kappa shape index (κ3) is 3.87. The summed E-state index contributed by atoms with van der Waals surface area (Å²) in [5, 5.41) is 10.8. The quantitative estimate of drug-likeness (QED) is 0.601. The van der Waals surface area contributed by atoms with Gasteiger partial charge in [0.15, 0.2) is 6.29 Å². The molecule has 1 aliphatic heterocycles. The van der Waals surface area contributed by atoms with Crippen molar-refractivity contribution in [2.24, 2.45) is 0 Å². The van der Waals surface area contributed by atoms with Crippen molar-refractivity contribution in [2.75, 3.05) is 13.2 Å². The van der Waals surface area contributed by atoms with Gasteiger partial charge >= 0.3 is 5.69 Å². The molecule has 2 heterocycles. The van der Waals surface area contributed by atoms with E-state index in [4.69, 9.17) is 9.47 Å². The summed E-state index contributed by atoms with van der Waals surface area (Å²) in [7, 11) is 0. The SMILES string of the molecule is O=c1c(Br)cn(CCOC2CCCCO2)cc1[N+](=O)[O-]. The third-order valence-electron chi connectivity index (χ3n) is 3.00. The van der Waals surface area contributed by atoms with Gasteiger partial charge in [-0.15, -0.1) is 0 Å². The lowest BCUT2D eigenvalue weighted by atomic mass is 10.2. The first kappa shape index (κ1) is 15.1. The lowest BCUT2D eigenvalue weighted by Crippen LogP contribution is -2.24. The van der Waals surface area contributed by atoms with E-state index in [9.17, 15) is 14.9 Å². The molecule has 1 atom stereocenters. The number of hydrogen-bond donors (Lipinski definition) is 0. The van der Waals surface area contributed by atoms with Crippen molar-refractivity contribution >= 4 is 21.6 Å². The first-order valence-corrected chi connectivity index (χ1v) is 7.14. The molecule has 0 amide bonds. The molecule has 110 valence electrons. The van der Waals surface area contributed by atoms with Crippen LogP contribution in [0.15, 0.2) is 21.7 Å². The van der Waals surface area contributed by atoms with Crippen LogP contribution in [0.5, 0.6) is 0 Å². The molecule has 2 rings (SSSR count). The first-order valence-electron chi connectivity index (χ1n) is 6.35. The fourth-order valence-corrected chi connectivity index (χ4v) is 2.44. The Morgan fingerprint density at radius 3 is 2.95 bits per heavy atom. The summed E-state index contributed by atoms with van der Waals surface area (Å²) in [5.74, 6) is 0. The molecule has 8 heteroatoms. The Morgan fingerprint density at radius 1 is 1.50 bits per heavy atom. The van der Waals surface area contributed by atoms with Gasteiger partial charge in [0.05, 0.1) is 22.2 Å². The Bertz CT molecular complexity index is 539. The molecule has 1 unspecified atom stereocenters. The van der Waals surface area contributed by atoms with Crippen LogP contribution < -0.4 is 5.43 Å². The number of aromatic nitrogens is 1. The Labute approximate surface area is 123 Å². The van der Waals surface area contributed by atoms with Crippen molar-refractivity contribution in [3.05, 3.63) is 37.2 Å². The maximum atomic E-state index is 11.5. The van der Waals surface area contributed by atoms with Gasteiger partial charge in [-0.05, 0) is 35.2 Å². The van der Waals surface area contributed by atoms with E-state index in [2.05, 4.69) is 15.9 Å². The second-order valence-corrected chi connectivity index (χ2v) is 5.34. The van der Waals surface area contributed by atoms with E-state index in [1.807, 2.05) is 0 Å². The molecule has 7 nitrogen and oxygen atoms in total. The molecule has 1 aliphatic rings. The first-order chi connectivity index (χ1) is 9.58. The number of halogens is 1. The van der Waals surface area contributed by atoms with Crippen molar-refractivity contribution in [2.45, 2.75) is 32.1 Å². The van der Waals surface area contributed by atoms with Crippen LogP contribution in [-0.2, 0) is 16.0 Å². The van der Waals surface area contributed by atoms with Crippen LogP contribution in [0.25, 0.3) is 0 Å². The minimum atomic E-state index is -0.686. The number of pyridine rings is 1. The molecular weight excluding hydrogens is 332 g/mol. The van der Waals surface area contributed by atoms with Crippen molar-refractivity contribution in [1.29, 1.82) is 0 Å². The fraction of sp³-hybridized carbons (Fsp3) is 0.583. The summed E-state index contributed by atoms with van der Waals surface area (Å²) in [6, 6.07) is 0. The number of ether oxygens (including phenoxy) is 2. The van der Waals surface area contributed by atoms with E-state index >= 15 is 0 Å². The van der Waals surface area contributed by atoms with E-state index < -0.39 is 16.0 Å². The maximum absolute atomic E-state index is 11.5. The van der Waals surface area contributed by atoms with Gasteiger partial charge < -0.3 is 14.0 Å². The van der Waals surface area contributed by atoms with Crippen LogP contribution in [0.2, 0.25) is 0 Å². The van der Waals surface area contributed by atoms with Crippen molar-refractivity contribution in [1.82, 2.24) is 4.57 Å². The highest BCUT2D eigenvalue weighted by molar-refractivity contribution is 9.10. The molecule has 0 aliphatic carbocycles. The van der Waals surface area contributed by atoms with E-state index in [1.165, 1.54) is 12.4 Å². The highest BCUT2D eigenvalue weighted by atomic mass is 79.9. The van der Waals surface area contributed by atoms with Gasteiger partial charge in [-0.2, -0.15) is 0 Å². The molecule has 0 bridgehead atoms. The lowest BCUT2D eigenvalue weighted by molar-refractivity contribution is -0.386. The molecule has 1 saturated heterocycles. The highest BCUT2D eigenvalue weighted by Gasteiger charge is 2.17. The molecular formula is C12H15BrN2O5. The Kier molecular flexibility index (Phi) is 5.27. The topological polar surface area (TPSA) is 83.6 Å². The second kappa shape index (κ2) is 6.96. The fourth-order valence-electron chi connectivity index (χ4n) is 1.97. The van der Waals surface area contributed by atoms with E-state index in [0.717, 1.165) is 19.3 Å². The van der Waals surface area contributed by atoms with Crippen molar-refractivity contribution in [3.8, 4) is 0 Å². The smallest absolute Gasteiger partial charge is 0.333 e. The predicted octanol–water partition coefficient (Wildman–Crippen LogP) is 2.06. The standard InChI is InChI=1S/C12H15BrN2O5/c13-9-7-14(8-10(12(9)16)15(17)18)4-6-20-11-3-1-2-5-19-11/h7-8,11H,1-6H2. The zero-order valence-electron chi connectivity index (χ0n) is 10.8. The van der Waals surface area contributed by atoms with Crippen LogP contribution in [0.1, 0.15) is 19.3 Å². The highest BCUT2D eigenvalue weighted by Crippen LogP contribution is 2.14. The minimum absolute atomic E-state index is 0.167.